The Morgan fingerprint density at radius 2 is 0.657 bits per heavy atom. The predicted molar refractivity (Wildman–Crippen MR) is 159 cm³/mol. The van der Waals surface area contributed by atoms with Crippen LogP contribution in [0.2, 0.25) is 0 Å². The maximum absolute atomic E-state index is 9.34. The summed E-state index contributed by atoms with van der Waals surface area (Å²) < 4.78 is 0. The number of aliphatic hydroxyl groups excluding tert-OH is 1. The van der Waals surface area contributed by atoms with Gasteiger partial charge in [-0.1, -0.05) is 180 Å². The van der Waals surface area contributed by atoms with E-state index in [-0.39, 0.29) is 12.1 Å². The van der Waals surface area contributed by atoms with Crippen molar-refractivity contribution in [2.24, 2.45) is 5.73 Å². The first kappa shape index (κ1) is 34.9. The Hall–Kier alpha value is -0.0800. The van der Waals surface area contributed by atoms with Gasteiger partial charge in [0, 0.05) is 6.04 Å². The quantitative estimate of drug-likeness (QED) is 0.0973. The highest BCUT2D eigenvalue weighted by Gasteiger charge is 2.05. The highest BCUT2D eigenvalue weighted by Crippen LogP contribution is 2.16. The van der Waals surface area contributed by atoms with Crippen LogP contribution in [0.15, 0.2) is 0 Å². The lowest BCUT2D eigenvalue weighted by Gasteiger charge is -2.12. The molecule has 0 spiro atoms. The molecule has 0 radical (unpaired) electrons. The molecule has 0 aliphatic rings. The molecule has 0 aromatic heterocycles. The summed E-state index contributed by atoms with van der Waals surface area (Å²) in [5.74, 6) is 0. The van der Waals surface area contributed by atoms with Crippen LogP contribution in [-0.4, -0.2) is 17.3 Å². The standard InChI is InChI=1S/C33H69NO/c1-3-4-5-6-7-8-9-10-11-12-13-14-15-16-17-18-19-20-21-22-23-24-25-26-27-28-29-30-33(34)31-32(2)35/h32-33,35H,3-31,34H2,1-2H3. The van der Waals surface area contributed by atoms with Crippen molar-refractivity contribution in [3.63, 3.8) is 0 Å². The number of nitrogens with two attached hydrogens (primary N) is 1. The van der Waals surface area contributed by atoms with Gasteiger partial charge in [0.15, 0.2) is 0 Å². The van der Waals surface area contributed by atoms with E-state index in [2.05, 4.69) is 6.92 Å². The van der Waals surface area contributed by atoms with E-state index >= 15 is 0 Å². The maximum Gasteiger partial charge on any atom is 0.0526 e. The lowest BCUT2D eigenvalue weighted by molar-refractivity contribution is 0.172. The topological polar surface area (TPSA) is 46.2 Å². The highest BCUT2D eigenvalue weighted by molar-refractivity contribution is 4.64. The minimum atomic E-state index is -0.251. The number of hydrogen-bond donors (Lipinski definition) is 2. The average molecular weight is 496 g/mol. The van der Waals surface area contributed by atoms with Crippen LogP contribution in [0, 0.1) is 0 Å². The van der Waals surface area contributed by atoms with Crippen molar-refractivity contribution < 1.29 is 5.11 Å². The lowest BCUT2D eigenvalue weighted by Crippen LogP contribution is -2.24. The van der Waals surface area contributed by atoms with Crippen LogP contribution in [0.4, 0.5) is 0 Å². The summed E-state index contributed by atoms with van der Waals surface area (Å²) in [6, 6.07) is 0.189. The van der Waals surface area contributed by atoms with Gasteiger partial charge in [-0.3, -0.25) is 0 Å². The number of unbranched alkanes of at least 4 members (excludes halogenated alkanes) is 26. The molecule has 2 heteroatoms. The Morgan fingerprint density at radius 1 is 0.429 bits per heavy atom. The molecule has 0 aromatic rings. The van der Waals surface area contributed by atoms with Gasteiger partial charge in [0.25, 0.3) is 0 Å². The van der Waals surface area contributed by atoms with Crippen LogP contribution in [0.25, 0.3) is 0 Å². The first-order valence-corrected chi connectivity index (χ1v) is 16.6. The van der Waals surface area contributed by atoms with Crippen LogP contribution in [0.1, 0.15) is 200 Å². The van der Waals surface area contributed by atoms with E-state index in [1.807, 2.05) is 6.92 Å². The third kappa shape index (κ3) is 31.9. The van der Waals surface area contributed by atoms with Gasteiger partial charge in [-0.05, 0) is 19.8 Å². The monoisotopic (exact) mass is 496 g/mol. The summed E-state index contributed by atoms with van der Waals surface area (Å²) in [5.41, 5.74) is 6.02. The second kappa shape index (κ2) is 30.1. The molecule has 0 amide bonds. The minimum absolute atomic E-state index is 0.189. The van der Waals surface area contributed by atoms with Crippen molar-refractivity contribution in [1.82, 2.24) is 0 Å². The molecule has 0 rings (SSSR count). The molecule has 35 heavy (non-hydrogen) atoms. The van der Waals surface area contributed by atoms with Crippen LogP contribution in [0.5, 0.6) is 0 Å². The van der Waals surface area contributed by atoms with Gasteiger partial charge in [-0.2, -0.15) is 0 Å². The average Bonchev–Trinajstić information content (AvgIpc) is 2.83. The zero-order valence-electron chi connectivity index (χ0n) is 24.7. The van der Waals surface area contributed by atoms with Gasteiger partial charge in [-0.25, -0.2) is 0 Å². The molecule has 0 saturated heterocycles. The molecule has 0 aliphatic carbocycles. The summed E-state index contributed by atoms with van der Waals surface area (Å²) >= 11 is 0. The van der Waals surface area contributed by atoms with Crippen LogP contribution in [-0.2, 0) is 0 Å². The van der Waals surface area contributed by atoms with E-state index in [0.717, 1.165) is 12.8 Å². The zero-order valence-corrected chi connectivity index (χ0v) is 24.7. The Morgan fingerprint density at radius 3 is 0.886 bits per heavy atom. The summed E-state index contributed by atoms with van der Waals surface area (Å²) in [5, 5.41) is 9.34. The molecule has 0 bridgehead atoms. The molecule has 0 aliphatic heterocycles. The molecular formula is C33H69NO. The number of hydrogen-bond acceptors (Lipinski definition) is 2. The van der Waals surface area contributed by atoms with Gasteiger partial charge in [0.05, 0.1) is 6.10 Å². The SMILES string of the molecule is CCCCCCCCCCCCCCCCCCCCCCCCCCCCCC(N)CC(C)O. The summed E-state index contributed by atoms with van der Waals surface area (Å²) in [6.45, 7) is 4.14. The third-order valence-corrected chi connectivity index (χ3v) is 7.82. The van der Waals surface area contributed by atoms with E-state index in [1.54, 1.807) is 0 Å². The lowest BCUT2D eigenvalue weighted by atomic mass is 10.0. The van der Waals surface area contributed by atoms with Gasteiger partial charge in [-0.15, -0.1) is 0 Å². The second-order valence-electron chi connectivity index (χ2n) is 11.8. The van der Waals surface area contributed by atoms with Gasteiger partial charge in [0.2, 0.25) is 0 Å². The first-order valence-electron chi connectivity index (χ1n) is 16.6. The van der Waals surface area contributed by atoms with Crippen molar-refractivity contribution in [3.05, 3.63) is 0 Å². The van der Waals surface area contributed by atoms with E-state index in [9.17, 15) is 5.11 Å². The molecule has 2 unspecified atom stereocenters. The smallest absolute Gasteiger partial charge is 0.0526 e. The number of rotatable bonds is 30. The fourth-order valence-corrected chi connectivity index (χ4v) is 5.46. The summed E-state index contributed by atoms with van der Waals surface area (Å²) in [4.78, 5) is 0. The third-order valence-electron chi connectivity index (χ3n) is 7.82. The normalized spacial score (nSPS) is 13.4. The first-order chi connectivity index (χ1) is 17.2. The summed E-state index contributed by atoms with van der Waals surface area (Å²) in [7, 11) is 0. The van der Waals surface area contributed by atoms with E-state index in [1.165, 1.54) is 173 Å². The Labute approximate surface area is 223 Å². The molecule has 3 N–H and O–H groups in total. The van der Waals surface area contributed by atoms with E-state index < -0.39 is 0 Å². The van der Waals surface area contributed by atoms with Gasteiger partial charge in [0.1, 0.15) is 0 Å². The van der Waals surface area contributed by atoms with Crippen LogP contribution in [0.3, 0.4) is 0 Å². The molecule has 2 nitrogen and oxygen atoms in total. The molecule has 0 fully saturated rings. The Balaban J connectivity index is 3.05. The minimum Gasteiger partial charge on any atom is -0.393 e. The van der Waals surface area contributed by atoms with Crippen LogP contribution < -0.4 is 5.73 Å². The molecule has 0 aromatic carbocycles. The van der Waals surface area contributed by atoms with E-state index in [0.29, 0.717) is 0 Å². The summed E-state index contributed by atoms with van der Waals surface area (Å²) in [6.07, 6.45) is 40.5. The van der Waals surface area contributed by atoms with Crippen molar-refractivity contribution in [1.29, 1.82) is 0 Å². The van der Waals surface area contributed by atoms with Crippen molar-refractivity contribution >= 4 is 0 Å². The molecule has 0 heterocycles. The highest BCUT2D eigenvalue weighted by atomic mass is 16.3. The van der Waals surface area contributed by atoms with Crippen LogP contribution >= 0.6 is 0 Å². The van der Waals surface area contributed by atoms with Crippen molar-refractivity contribution in [2.45, 2.75) is 212 Å². The van der Waals surface area contributed by atoms with Crippen molar-refractivity contribution in [2.75, 3.05) is 0 Å². The van der Waals surface area contributed by atoms with E-state index in [4.69, 9.17) is 5.73 Å². The Kier molecular flexibility index (Phi) is 30.1. The second-order valence-corrected chi connectivity index (χ2v) is 11.8. The maximum atomic E-state index is 9.34. The molecule has 0 saturated carbocycles. The molecular weight excluding hydrogens is 426 g/mol. The zero-order chi connectivity index (χ0) is 25.7. The van der Waals surface area contributed by atoms with Gasteiger partial charge >= 0.3 is 0 Å². The predicted octanol–water partition coefficient (Wildman–Crippen LogP) is 11.0. The molecule has 2 atom stereocenters. The molecule has 212 valence electrons. The largest absolute Gasteiger partial charge is 0.393 e. The fraction of sp³-hybridized carbons (Fsp3) is 1.00. The van der Waals surface area contributed by atoms with Crippen molar-refractivity contribution in [3.8, 4) is 0 Å². The number of aliphatic hydroxyl groups is 1. The Bertz CT molecular complexity index is 370. The van der Waals surface area contributed by atoms with Gasteiger partial charge < -0.3 is 10.8 Å². The fourth-order valence-electron chi connectivity index (χ4n) is 5.46.